The highest BCUT2D eigenvalue weighted by molar-refractivity contribution is 9.10. The third-order valence-corrected chi connectivity index (χ3v) is 3.86. The van der Waals surface area contributed by atoms with Crippen LogP contribution in [0.3, 0.4) is 0 Å². The minimum atomic E-state index is -0.775. The zero-order valence-corrected chi connectivity index (χ0v) is 13.6. The standard InChI is InChI=1S/C15H18BrNO4/c1-9(18)10(2)21-14(8-17)11-6-12(16)15-13(7-11)19-4-3-5-20-15/h6-7,9-10,14,18H,3-5H2,1-2H3. The average Bonchev–Trinajstić information content (AvgIpc) is 2.69. The van der Waals surface area contributed by atoms with Gasteiger partial charge in [-0.1, -0.05) is 0 Å². The van der Waals surface area contributed by atoms with E-state index in [1.165, 1.54) is 0 Å². The van der Waals surface area contributed by atoms with Gasteiger partial charge in [-0.05, 0) is 41.9 Å². The van der Waals surface area contributed by atoms with Crippen LogP contribution in [0.1, 0.15) is 31.9 Å². The second-order valence-electron chi connectivity index (χ2n) is 4.97. The van der Waals surface area contributed by atoms with Crippen LogP contribution in [0.5, 0.6) is 11.5 Å². The van der Waals surface area contributed by atoms with E-state index in [4.69, 9.17) is 14.2 Å². The Morgan fingerprint density at radius 2 is 2.05 bits per heavy atom. The summed E-state index contributed by atoms with van der Waals surface area (Å²) >= 11 is 3.44. The van der Waals surface area contributed by atoms with Gasteiger partial charge in [0, 0.05) is 12.0 Å². The molecule has 21 heavy (non-hydrogen) atoms. The molecule has 3 atom stereocenters. The van der Waals surface area contributed by atoms with Gasteiger partial charge in [0.2, 0.25) is 0 Å². The lowest BCUT2D eigenvalue weighted by Gasteiger charge is -2.21. The van der Waals surface area contributed by atoms with Crippen molar-refractivity contribution in [3.63, 3.8) is 0 Å². The molecule has 1 aliphatic rings. The van der Waals surface area contributed by atoms with Crippen LogP contribution in [0.2, 0.25) is 0 Å². The molecule has 0 fully saturated rings. The van der Waals surface area contributed by atoms with Crippen molar-refractivity contribution in [2.75, 3.05) is 13.2 Å². The van der Waals surface area contributed by atoms with Crippen LogP contribution in [-0.2, 0) is 4.74 Å². The van der Waals surface area contributed by atoms with E-state index in [0.29, 0.717) is 30.3 Å². The highest BCUT2D eigenvalue weighted by Gasteiger charge is 2.22. The number of aliphatic hydroxyl groups excluding tert-OH is 1. The van der Waals surface area contributed by atoms with E-state index in [9.17, 15) is 10.4 Å². The van der Waals surface area contributed by atoms with E-state index in [0.717, 1.165) is 10.9 Å². The molecule has 0 aliphatic carbocycles. The first-order valence-corrected chi connectivity index (χ1v) is 7.64. The Morgan fingerprint density at radius 1 is 1.33 bits per heavy atom. The monoisotopic (exact) mass is 355 g/mol. The van der Waals surface area contributed by atoms with Gasteiger partial charge < -0.3 is 19.3 Å². The van der Waals surface area contributed by atoms with E-state index in [1.807, 2.05) is 0 Å². The number of ether oxygens (including phenoxy) is 3. The molecular formula is C15H18BrNO4. The molecule has 0 amide bonds. The van der Waals surface area contributed by atoms with Crippen LogP contribution in [-0.4, -0.2) is 30.5 Å². The summed E-state index contributed by atoms with van der Waals surface area (Å²) in [5, 5.41) is 18.8. The van der Waals surface area contributed by atoms with Crippen LogP contribution < -0.4 is 9.47 Å². The number of hydrogen-bond donors (Lipinski definition) is 1. The predicted octanol–water partition coefficient (Wildman–Crippen LogP) is 2.96. The summed E-state index contributed by atoms with van der Waals surface area (Å²) in [6.07, 6.45) is -1.05. The fraction of sp³-hybridized carbons (Fsp3) is 0.533. The number of nitrogens with zero attached hydrogens (tertiary/aromatic N) is 1. The zero-order valence-electron chi connectivity index (χ0n) is 12.0. The van der Waals surface area contributed by atoms with Crippen molar-refractivity contribution < 1.29 is 19.3 Å². The Balaban J connectivity index is 2.28. The molecule has 0 aromatic heterocycles. The Morgan fingerprint density at radius 3 is 2.71 bits per heavy atom. The Labute approximate surface area is 132 Å². The molecule has 114 valence electrons. The summed E-state index contributed by atoms with van der Waals surface area (Å²) in [6, 6.07) is 5.65. The van der Waals surface area contributed by atoms with E-state index >= 15 is 0 Å². The lowest BCUT2D eigenvalue weighted by Crippen LogP contribution is -2.24. The maximum Gasteiger partial charge on any atom is 0.175 e. The van der Waals surface area contributed by atoms with E-state index in [-0.39, 0.29) is 0 Å². The summed E-state index contributed by atoms with van der Waals surface area (Å²) in [5.74, 6) is 1.25. The number of aliphatic hydroxyl groups is 1. The predicted molar refractivity (Wildman–Crippen MR) is 80.3 cm³/mol. The fourth-order valence-electron chi connectivity index (χ4n) is 1.91. The highest BCUT2D eigenvalue weighted by Crippen LogP contribution is 2.40. The summed E-state index contributed by atoms with van der Waals surface area (Å²) in [5.41, 5.74) is 0.668. The van der Waals surface area contributed by atoms with Crippen LogP contribution in [0.4, 0.5) is 0 Å². The lowest BCUT2D eigenvalue weighted by atomic mass is 10.1. The smallest absolute Gasteiger partial charge is 0.175 e. The molecule has 2 rings (SSSR count). The van der Waals surface area contributed by atoms with Gasteiger partial charge in [0.15, 0.2) is 17.6 Å². The van der Waals surface area contributed by atoms with Gasteiger partial charge >= 0.3 is 0 Å². The molecular weight excluding hydrogens is 338 g/mol. The molecule has 1 aromatic carbocycles. The second kappa shape index (κ2) is 7.12. The summed E-state index contributed by atoms with van der Waals surface area (Å²) in [6.45, 7) is 4.53. The molecule has 6 heteroatoms. The molecule has 5 nitrogen and oxygen atoms in total. The van der Waals surface area contributed by atoms with E-state index < -0.39 is 18.3 Å². The molecule has 0 saturated carbocycles. The minimum absolute atomic E-state index is 0.440. The van der Waals surface area contributed by atoms with Crippen LogP contribution in [0.15, 0.2) is 16.6 Å². The molecule has 1 aromatic rings. The summed E-state index contributed by atoms with van der Waals surface area (Å²) < 4.78 is 17.6. The Hall–Kier alpha value is -1.29. The van der Waals surface area contributed by atoms with E-state index in [2.05, 4.69) is 22.0 Å². The highest BCUT2D eigenvalue weighted by atomic mass is 79.9. The molecule has 3 unspecified atom stereocenters. The van der Waals surface area contributed by atoms with Crippen molar-refractivity contribution in [1.29, 1.82) is 5.26 Å². The van der Waals surface area contributed by atoms with Crippen molar-refractivity contribution in [3.05, 3.63) is 22.2 Å². The molecule has 0 bridgehead atoms. The van der Waals surface area contributed by atoms with Crippen LogP contribution in [0, 0.1) is 11.3 Å². The summed E-state index contributed by atoms with van der Waals surface area (Å²) in [7, 11) is 0. The van der Waals surface area contributed by atoms with Gasteiger partial charge in [0.1, 0.15) is 0 Å². The summed E-state index contributed by atoms with van der Waals surface area (Å²) in [4.78, 5) is 0. The first kappa shape index (κ1) is 16.1. The number of halogens is 1. The minimum Gasteiger partial charge on any atom is -0.490 e. The molecule has 1 aliphatic heterocycles. The number of fused-ring (bicyclic) bond motifs is 1. The number of benzene rings is 1. The SMILES string of the molecule is CC(O)C(C)OC(C#N)c1cc(Br)c2c(c1)OCCCO2. The first-order valence-electron chi connectivity index (χ1n) is 6.85. The zero-order chi connectivity index (χ0) is 15.4. The number of nitriles is 1. The van der Waals surface area contributed by atoms with Crippen molar-refractivity contribution in [2.24, 2.45) is 0 Å². The van der Waals surface area contributed by atoms with Gasteiger partial charge in [0.25, 0.3) is 0 Å². The number of rotatable bonds is 4. The molecule has 1 N–H and O–H groups in total. The largest absolute Gasteiger partial charge is 0.490 e. The van der Waals surface area contributed by atoms with E-state index in [1.54, 1.807) is 26.0 Å². The molecule has 0 saturated heterocycles. The fourth-order valence-corrected chi connectivity index (χ4v) is 2.49. The van der Waals surface area contributed by atoms with Crippen LogP contribution >= 0.6 is 15.9 Å². The second-order valence-corrected chi connectivity index (χ2v) is 5.83. The maximum atomic E-state index is 9.51. The molecule has 1 heterocycles. The third-order valence-electron chi connectivity index (χ3n) is 3.27. The average molecular weight is 356 g/mol. The molecule has 0 radical (unpaired) electrons. The van der Waals surface area contributed by atoms with Gasteiger partial charge in [-0.25, -0.2) is 0 Å². The van der Waals surface area contributed by atoms with Crippen LogP contribution in [0.25, 0.3) is 0 Å². The van der Waals surface area contributed by atoms with Crippen molar-refractivity contribution in [3.8, 4) is 17.6 Å². The topological polar surface area (TPSA) is 71.7 Å². The maximum absolute atomic E-state index is 9.51. The lowest BCUT2D eigenvalue weighted by molar-refractivity contribution is -0.0426. The van der Waals surface area contributed by atoms with Gasteiger partial charge in [-0.3, -0.25) is 0 Å². The molecule has 0 spiro atoms. The first-order chi connectivity index (χ1) is 10.0. The Kier molecular flexibility index (Phi) is 5.45. The van der Waals surface area contributed by atoms with Gasteiger partial charge in [0.05, 0.1) is 36.0 Å². The Bertz CT molecular complexity index is 541. The van der Waals surface area contributed by atoms with Gasteiger partial charge in [-0.2, -0.15) is 5.26 Å². The van der Waals surface area contributed by atoms with Crippen molar-refractivity contribution >= 4 is 15.9 Å². The van der Waals surface area contributed by atoms with Crippen molar-refractivity contribution in [2.45, 2.75) is 38.6 Å². The third kappa shape index (κ3) is 3.88. The number of hydrogen-bond acceptors (Lipinski definition) is 5. The van der Waals surface area contributed by atoms with Gasteiger partial charge in [-0.15, -0.1) is 0 Å². The normalized spacial score (nSPS) is 18.2. The quantitative estimate of drug-likeness (QED) is 0.898. The van der Waals surface area contributed by atoms with Crippen molar-refractivity contribution in [1.82, 2.24) is 0 Å².